The minimum Gasteiger partial charge on any atom is -0.236 e. The lowest BCUT2D eigenvalue weighted by atomic mass is 10.1. The van der Waals surface area contributed by atoms with Crippen LogP contribution in [-0.2, 0) is 6.18 Å². The standard InChI is InChI=1S/C19H17BrF3NSSi/c1-26(2,3)18-16(12-4-8-14(9-5-12)19(21,22)23)24-17(25-18)13-6-10-15(20)11-7-13/h4-11H,1-3H3. The maximum Gasteiger partial charge on any atom is 0.416 e. The topological polar surface area (TPSA) is 12.9 Å². The van der Waals surface area contributed by atoms with E-state index < -0.39 is 19.8 Å². The highest BCUT2D eigenvalue weighted by molar-refractivity contribution is 9.10. The van der Waals surface area contributed by atoms with Crippen LogP contribution in [0.3, 0.4) is 0 Å². The molecule has 0 saturated heterocycles. The number of hydrogen-bond donors (Lipinski definition) is 0. The summed E-state index contributed by atoms with van der Waals surface area (Å²) in [6.45, 7) is 6.67. The Morgan fingerprint density at radius 3 is 1.92 bits per heavy atom. The fraction of sp³-hybridized carbons (Fsp3) is 0.211. The highest BCUT2D eigenvalue weighted by atomic mass is 79.9. The average molecular weight is 456 g/mol. The third kappa shape index (κ3) is 4.10. The molecular weight excluding hydrogens is 439 g/mol. The number of benzene rings is 2. The molecule has 0 spiro atoms. The van der Waals surface area contributed by atoms with Crippen molar-refractivity contribution in [2.24, 2.45) is 0 Å². The summed E-state index contributed by atoms with van der Waals surface area (Å²) in [5.74, 6) is 0. The molecule has 136 valence electrons. The first-order chi connectivity index (χ1) is 12.1. The summed E-state index contributed by atoms with van der Waals surface area (Å²) >= 11 is 5.07. The molecule has 0 N–H and O–H groups in total. The molecule has 3 rings (SSSR count). The van der Waals surface area contributed by atoms with Gasteiger partial charge in [0.15, 0.2) is 0 Å². The Morgan fingerprint density at radius 2 is 1.42 bits per heavy atom. The summed E-state index contributed by atoms with van der Waals surface area (Å²) in [6.07, 6.45) is -4.33. The third-order valence-electron chi connectivity index (χ3n) is 3.89. The zero-order valence-corrected chi connectivity index (χ0v) is 17.9. The van der Waals surface area contributed by atoms with E-state index in [9.17, 15) is 13.2 Å². The molecule has 26 heavy (non-hydrogen) atoms. The highest BCUT2D eigenvalue weighted by Crippen LogP contribution is 2.33. The molecule has 0 aliphatic rings. The van der Waals surface area contributed by atoms with Gasteiger partial charge in [0.1, 0.15) is 5.01 Å². The fourth-order valence-electron chi connectivity index (χ4n) is 2.56. The van der Waals surface area contributed by atoms with Crippen molar-refractivity contribution < 1.29 is 13.2 Å². The van der Waals surface area contributed by atoms with Crippen LogP contribution in [0.4, 0.5) is 13.2 Å². The van der Waals surface area contributed by atoms with Gasteiger partial charge in [-0.3, -0.25) is 0 Å². The van der Waals surface area contributed by atoms with Gasteiger partial charge < -0.3 is 0 Å². The van der Waals surface area contributed by atoms with Gasteiger partial charge in [-0.15, -0.1) is 11.3 Å². The van der Waals surface area contributed by atoms with Crippen molar-refractivity contribution in [1.82, 2.24) is 4.98 Å². The van der Waals surface area contributed by atoms with Gasteiger partial charge in [-0.1, -0.05) is 59.8 Å². The van der Waals surface area contributed by atoms with Crippen LogP contribution in [0, 0.1) is 0 Å². The van der Waals surface area contributed by atoms with E-state index in [4.69, 9.17) is 4.98 Å². The van der Waals surface area contributed by atoms with Crippen molar-refractivity contribution in [3.8, 4) is 21.8 Å². The van der Waals surface area contributed by atoms with Crippen LogP contribution in [0.25, 0.3) is 21.8 Å². The van der Waals surface area contributed by atoms with Gasteiger partial charge >= 0.3 is 6.18 Å². The van der Waals surface area contributed by atoms with Gasteiger partial charge in [0.05, 0.1) is 19.3 Å². The Kier molecular flexibility index (Phi) is 5.16. The molecule has 0 saturated carbocycles. The molecule has 0 bridgehead atoms. The number of nitrogens with zero attached hydrogens (tertiary/aromatic N) is 1. The van der Waals surface area contributed by atoms with Crippen LogP contribution in [0.1, 0.15) is 5.56 Å². The van der Waals surface area contributed by atoms with Crippen molar-refractivity contribution in [2.45, 2.75) is 25.8 Å². The maximum absolute atomic E-state index is 12.8. The monoisotopic (exact) mass is 455 g/mol. The Hall–Kier alpha value is -1.44. The summed E-state index contributed by atoms with van der Waals surface area (Å²) in [7, 11) is -1.71. The second kappa shape index (κ2) is 6.94. The van der Waals surface area contributed by atoms with Crippen LogP contribution in [0.15, 0.2) is 53.0 Å². The summed E-state index contributed by atoms with van der Waals surface area (Å²) in [4.78, 5) is 4.80. The molecule has 1 aromatic heterocycles. The predicted octanol–water partition coefficient (Wildman–Crippen LogP) is 6.80. The molecule has 0 unspecified atom stereocenters. The summed E-state index contributed by atoms with van der Waals surface area (Å²) in [5, 5.41) is 0.893. The summed E-state index contributed by atoms with van der Waals surface area (Å²) < 4.78 is 40.7. The third-order valence-corrected chi connectivity index (χ3v) is 9.07. The van der Waals surface area contributed by atoms with Crippen LogP contribution < -0.4 is 4.50 Å². The number of aromatic nitrogens is 1. The Balaban J connectivity index is 2.09. The number of alkyl halides is 3. The first kappa shape index (κ1) is 19.3. The number of thiazole rings is 1. The average Bonchev–Trinajstić information content (AvgIpc) is 3.00. The zero-order valence-electron chi connectivity index (χ0n) is 14.5. The lowest BCUT2D eigenvalue weighted by Crippen LogP contribution is -2.36. The molecule has 7 heteroatoms. The summed E-state index contributed by atoms with van der Waals surface area (Å²) in [6, 6.07) is 13.2. The van der Waals surface area contributed by atoms with Gasteiger partial charge in [0, 0.05) is 20.1 Å². The van der Waals surface area contributed by atoms with E-state index in [0.717, 1.165) is 38.4 Å². The lowest BCUT2D eigenvalue weighted by molar-refractivity contribution is -0.137. The van der Waals surface area contributed by atoms with Gasteiger partial charge in [0.2, 0.25) is 0 Å². The van der Waals surface area contributed by atoms with E-state index in [1.165, 1.54) is 16.6 Å². The Morgan fingerprint density at radius 1 is 0.885 bits per heavy atom. The van der Waals surface area contributed by atoms with E-state index in [1.807, 2.05) is 24.3 Å². The Labute approximate surface area is 164 Å². The molecule has 0 radical (unpaired) electrons. The second-order valence-electron chi connectivity index (χ2n) is 7.03. The molecule has 0 amide bonds. The van der Waals surface area contributed by atoms with E-state index >= 15 is 0 Å². The molecule has 0 atom stereocenters. The maximum atomic E-state index is 12.8. The van der Waals surface area contributed by atoms with Crippen molar-refractivity contribution >= 4 is 39.8 Å². The molecule has 1 heterocycles. The van der Waals surface area contributed by atoms with E-state index in [-0.39, 0.29) is 0 Å². The van der Waals surface area contributed by atoms with Crippen molar-refractivity contribution in [1.29, 1.82) is 0 Å². The van der Waals surface area contributed by atoms with Gasteiger partial charge in [-0.25, -0.2) is 4.98 Å². The molecule has 3 aromatic rings. The SMILES string of the molecule is C[Si](C)(C)c1sc(-c2ccc(Br)cc2)nc1-c1ccc(C(F)(F)F)cc1. The van der Waals surface area contributed by atoms with Crippen LogP contribution in [-0.4, -0.2) is 13.1 Å². The first-order valence-electron chi connectivity index (χ1n) is 8.00. The van der Waals surface area contributed by atoms with E-state index in [1.54, 1.807) is 11.3 Å². The molecule has 0 fully saturated rings. The van der Waals surface area contributed by atoms with Crippen LogP contribution in [0.5, 0.6) is 0 Å². The highest BCUT2D eigenvalue weighted by Gasteiger charge is 2.31. The molecule has 1 nitrogen and oxygen atoms in total. The molecule has 2 aromatic carbocycles. The second-order valence-corrected chi connectivity index (χ2v) is 14.3. The minimum absolute atomic E-state index is 0.640. The summed E-state index contributed by atoms with van der Waals surface area (Å²) in [5.41, 5.74) is 1.91. The predicted molar refractivity (Wildman–Crippen MR) is 109 cm³/mol. The van der Waals surface area contributed by atoms with Crippen molar-refractivity contribution in [3.05, 3.63) is 58.6 Å². The molecule has 0 aliphatic carbocycles. The van der Waals surface area contributed by atoms with Crippen molar-refractivity contribution in [2.75, 3.05) is 0 Å². The van der Waals surface area contributed by atoms with Gasteiger partial charge in [-0.05, 0) is 24.3 Å². The lowest BCUT2D eigenvalue weighted by Gasteiger charge is -2.15. The normalized spacial score (nSPS) is 12.4. The number of hydrogen-bond acceptors (Lipinski definition) is 2. The zero-order chi connectivity index (χ0) is 19.1. The first-order valence-corrected chi connectivity index (χ1v) is 13.1. The van der Waals surface area contributed by atoms with Gasteiger partial charge in [0.25, 0.3) is 0 Å². The fourth-order valence-corrected chi connectivity index (χ4v) is 6.09. The largest absolute Gasteiger partial charge is 0.416 e. The van der Waals surface area contributed by atoms with E-state index in [2.05, 4.69) is 35.6 Å². The van der Waals surface area contributed by atoms with E-state index in [0.29, 0.717) is 0 Å². The molecular formula is C19H17BrF3NSSi. The smallest absolute Gasteiger partial charge is 0.236 e. The quantitative estimate of drug-likeness (QED) is 0.395. The minimum atomic E-state index is -4.33. The molecule has 0 aliphatic heterocycles. The van der Waals surface area contributed by atoms with Gasteiger partial charge in [-0.2, -0.15) is 13.2 Å². The van der Waals surface area contributed by atoms with Crippen LogP contribution in [0.2, 0.25) is 19.6 Å². The Bertz CT molecular complexity index is 910. The van der Waals surface area contributed by atoms with Crippen LogP contribution >= 0.6 is 27.3 Å². The number of rotatable bonds is 3. The number of halogens is 4. The van der Waals surface area contributed by atoms with Crippen molar-refractivity contribution in [3.63, 3.8) is 0 Å².